The molecule has 0 spiro atoms. The van der Waals surface area contributed by atoms with Gasteiger partial charge in [0.25, 0.3) is 0 Å². The predicted molar refractivity (Wildman–Crippen MR) is 67.0 cm³/mol. The monoisotopic (exact) mass is 233 g/mol. The van der Waals surface area contributed by atoms with Crippen molar-refractivity contribution >= 4 is 5.97 Å². The molecule has 1 saturated carbocycles. The first kappa shape index (κ1) is 12.1. The summed E-state index contributed by atoms with van der Waals surface area (Å²) >= 11 is 0. The Labute approximate surface area is 102 Å². The van der Waals surface area contributed by atoms with Gasteiger partial charge in [-0.15, -0.1) is 0 Å². The molecule has 17 heavy (non-hydrogen) atoms. The predicted octanol–water partition coefficient (Wildman–Crippen LogP) is 2.66. The molecule has 2 rings (SSSR count). The van der Waals surface area contributed by atoms with E-state index in [9.17, 15) is 4.79 Å². The second-order valence-corrected chi connectivity index (χ2v) is 4.82. The lowest BCUT2D eigenvalue weighted by molar-refractivity contribution is 0.0695. The molecule has 1 aromatic rings. The van der Waals surface area contributed by atoms with Gasteiger partial charge in [0.1, 0.15) is 0 Å². The van der Waals surface area contributed by atoms with Crippen molar-refractivity contribution in [3.8, 4) is 0 Å². The fourth-order valence-corrected chi connectivity index (χ4v) is 2.26. The quantitative estimate of drug-likeness (QED) is 0.822. The van der Waals surface area contributed by atoms with E-state index in [1.54, 1.807) is 12.1 Å². The lowest BCUT2D eigenvalue weighted by Gasteiger charge is -2.32. The zero-order valence-electron chi connectivity index (χ0n) is 10.1. The van der Waals surface area contributed by atoms with Gasteiger partial charge in [0, 0.05) is 12.6 Å². The third-order valence-corrected chi connectivity index (χ3v) is 3.72. The third-order valence-electron chi connectivity index (χ3n) is 3.72. The number of nitrogens with one attached hydrogen (secondary N) is 1. The van der Waals surface area contributed by atoms with Gasteiger partial charge in [0.05, 0.1) is 5.56 Å². The molecule has 0 saturated heterocycles. The Morgan fingerprint density at radius 3 is 2.76 bits per heavy atom. The van der Waals surface area contributed by atoms with Crippen LogP contribution in [0.1, 0.15) is 42.1 Å². The number of carboxylic acid groups (broad SMARTS) is 1. The Kier molecular flexibility index (Phi) is 3.79. The van der Waals surface area contributed by atoms with Crippen molar-refractivity contribution in [1.29, 1.82) is 0 Å². The lowest BCUT2D eigenvalue weighted by Crippen LogP contribution is -2.36. The van der Waals surface area contributed by atoms with E-state index in [0.29, 0.717) is 18.2 Å². The average molecular weight is 233 g/mol. The van der Waals surface area contributed by atoms with Gasteiger partial charge in [0.2, 0.25) is 0 Å². The molecule has 0 heterocycles. The van der Waals surface area contributed by atoms with Crippen LogP contribution in [-0.2, 0) is 6.54 Å². The Morgan fingerprint density at radius 1 is 1.47 bits per heavy atom. The van der Waals surface area contributed by atoms with Crippen molar-refractivity contribution in [3.05, 3.63) is 35.4 Å². The van der Waals surface area contributed by atoms with E-state index in [-0.39, 0.29) is 0 Å². The molecule has 1 unspecified atom stereocenters. The highest BCUT2D eigenvalue weighted by Crippen LogP contribution is 2.29. The molecule has 3 heteroatoms. The molecule has 1 aliphatic carbocycles. The van der Waals surface area contributed by atoms with Crippen LogP contribution >= 0.6 is 0 Å². The standard InChI is InChI=1S/C14H19NO2/c1-10(11-6-4-7-11)15-9-12-5-2-3-8-13(12)14(16)17/h2-3,5,8,10-11,15H,4,6-7,9H2,1H3,(H,16,17). The van der Waals surface area contributed by atoms with Crippen LogP contribution in [0.5, 0.6) is 0 Å². The fourth-order valence-electron chi connectivity index (χ4n) is 2.26. The minimum absolute atomic E-state index is 0.404. The summed E-state index contributed by atoms with van der Waals surface area (Å²) in [5.41, 5.74) is 1.27. The fraction of sp³-hybridized carbons (Fsp3) is 0.500. The Morgan fingerprint density at radius 2 is 2.18 bits per heavy atom. The van der Waals surface area contributed by atoms with E-state index in [4.69, 9.17) is 5.11 Å². The van der Waals surface area contributed by atoms with E-state index in [1.807, 2.05) is 12.1 Å². The van der Waals surface area contributed by atoms with Crippen molar-refractivity contribution in [1.82, 2.24) is 5.32 Å². The Hall–Kier alpha value is -1.35. The number of hydrogen-bond donors (Lipinski definition) is 2. The van der Waals surface area contributed by atoms with E-state index in [2.05, 4.69) is 12.2 Å². The summed E-state index contributed by atoms with van der Waals surface area (Å²) in [5, 5.41) is 12.5. The number of carbonyl (C=O) groups is 1. The maximum Gasteiger partial charge on any atom is 0.336 e. The van der Waals surface area contributed by atoms with Crippen LogP contribution in [0.2, 0.25) is 0 Å². The Balaban J connectivity index is 1.95. The van der Waals surface area contributed by atoms with Gasteiger partial charge in [-0.05, 0) is 37.3 Å². The maximum atomic E-state index is 11.0. The van der Waals surface area contributed by atoms with E-state index in [0.717, 1.165) is 11.5 Å². The summed E-state index contributed by atoms with van der Waals surface area (Å²) in [4.78, 5) is 11.0. The molecule has 92 valence electrons. The van der Waals surface area contributed by atoms with Crippen LogP contribution in [0.15, 0.2) is 24.3 Å². The molecule has 1 atom stereocenters. The molecule has 2 N–H and O–H groups in total. The molecule has 0 aromatic heterocycles. The third kappa shape index (κ3) is 2.86. The number of carboxylic acids is 1. The van der Waals surface area contributed by atoms with Crippen molar-refractivity contribution in [2.45, 2.75) is 38.8 Å². The molecular formula is C14H19NO2. The molecule has 3 nitrogen and oxygen atoms in total. The number of benzene rings is 1. The highest BCUT2D eigenvalue weighted by atomic mass is 16.4. The van der Waals surface area contributed by atoms with Crippen molar-refractivity contribution < 1.29 is 9.90 Å². The second kappa shape index (κ2) is 5.32. The molecule has 1 fully saturated rings. The molecular weight excluding hydrogens is 214 g/mol. The van der Waals surface area contributed by atoms with Crippen molar-refractivity contribution in [2.75, 3.05) is 0 Å². The number of rotatable bonds is 5. The first-order valence-electron chi connectivity index (χ1n) is 6.23. The van der Waals surface area contributed by atoms with Gasteiger partial charge < -0.3 is 10.4 Å². The van der Waals surface area contributed by atoms with Crippen molar-refractivity contribution in [3.63, 3.8) is 0 Å². The van der Waals surface area contributed by atoms with Gasteiger partial charge in [0.15, 0.2) is 0 Å². The largest absolute Gasteiger partial charge is 0.478 e. The van der Waals surface area contributed by atoms with Gasteiger partial charge in [-0.25, -0.2) is 4.79 Å². The van der Waals surface area contributed by atoms with E-state index in [1.165, 1.54) is 19.3 Å². The highest BCUT2D eigenvalue weighted by molar-refractivity contribution is 5.89. The maximum absolute atomic E-state index is 11.0. The van der Waals surface area contributed by atoms with Crippen LogP contribution in [0.25, 0.3) is 0 Å². The second-order valence-electron chi connectivity index (χ2n) is 4.82. The molecule has 0 radical (unpaired) electrons. The summed E-state index contributed by atoms with van der Waals surface area (Å²) < 4.78 is 0. The molecule has 1 aromatic carbocycles. The topological polar surface area (TPSA) is 49.3 Å². The summed E-state index contributed by atoms with van der Waals surface area (Å²) in [5.74, 6) is -0.0781. The normalized spacial score (nSPS) is 17.5. The summed E-state index contributed by atoms with van der Waals surface area (Å²) in [6.45, 7) is 2.83. The van der Waals surface area contributed by atoms with E-state index >= 15 is 0 Å². The summed E-state index contributed by atoms with van der Waals surface area (Å²) in [6.07, 6.45) is 3.94. The smallest absolute Gasteiger partial charge is 0.336 e. The first-order valence-corrected chi connectivity index (χ1v) is 6.23. The molecule has 0 bridgehead atoms. The minimum Gasteiger partial charge on any atom is -0.478 e. The van der Waals surface area contributed by atoms with Crippen LogP contribution < -0.4 is 5.32 Å². The van der Waals surface area contributed by atoms with Crippen LogP contribution in [0, 0.1) is 5.92 Å². The number of aromatic carboxylic acids is 1. The van der Waals surface area contributed by atoms with Gasteiger partial charge in [-0.2, -0.15) is 0 Å². The Bertz CT molecular complexity index is 399. The molecule has 0 amide bonds. The minimum atomic E-state index is -0.848. The first-order chi connectivity index (χ1) is 8.18. The number of hydrogen-bond acceptors (Lipinski definition) is 2. The van der Waals surface area contributed by atoms with Crippen LogP contribution in [-0.4, -0.2) is 17.1 Å². The van der Waals surface area contributed by atoms with Gasteiger partial charge in [-0.3, -0.25) is 0 Å². The highest BCUT2D eigenvalue weighted by Gasteiger charge is 2.23. The van der Waals surface area contributed by atoms with E-state index < -0.39 is 5.97 Å². The zero-order chi connectivity index (χ0) is 12.3. The van der Waals surface area contributed by atoms with Gasteiger partial charge in [-0.1, -0.05) is 24.6 Å². The molecule has 0 aliphatic heterocycles. The average Bonchev–Trinajstić information content (AvgIpc) is 2.24. The SMILES string of the molecule is CC(NCc1ccccc1C(=O)O)C1CCC1. The van der Waals surface area contributed by atoms with Crippen molar-refractivity contribution in [2.24, 2.45) is 5.92 Å². The van der Waals surface area contributed by atoms with Gasteiger partial charge >= 0.3 is 5.97 Å². The van der Waals surface area contributed by atoms with Crippen LogP contribution in [0.4, 0.5) is 0 Å². The lowest BCUT2D eigenvalue weighted by atomic mass is 9.80. The van der Waals surface area contributed by atoms with Crippen LogP contribution in [0.3, 0.4) is 0 Å². The molecule has 1 aliphatic rings. The zero-order valence-corrected chi connectivity index (χ0v) is 10.1. The summed E-state index contributed by atoms with van der Waals surface area (Å²) in [6, 6.07) is 7.67. The summed E-state index contributed by atoms with van der Waals surface area (Å²) in [7, 11) is 0.